The van der Waals surface area contributed by atoms with Gasteiger partial charge < -0.3 is 9.80 Å². The van der Waals surface area contributed by atoms with Crippen LogP contribution in [-0.2, 0) is 22.4 Å². The van der Waals surface area contributed by atoms with Crippen LogP contribution < -0.4 is 4.90 Å². The first-order chi connectivity index (χ1) is 13.2. The minimum Gasteiger partial charge on any atom is -0.335 e. The van der Waals surface area contributed by atoms with E-state index in [1.807, 2.05) is 9.80 Å². The van der Waals surface area contributed by atoms with Gasteiger partial charge in [0, 0.05) is 25.2 Å². The summed E-state index contributed by atoms with van der Waals surface area (Å²) in [4.78, 5) is 29.7. The van der Waals surface area contributed by atoms with Gasteiger partial charge in [0.15, 0.2) is 0 Å². The monoisotopic (exact) mass is 380 g/mol. The highest BCUT2D eigenvalue weighted by atomic mass is 32.1. The van der Waals surface area contributed by atoms with E-state index < -0.39 is 0 Å². The quantitative estimate of drug-likeness (QED) is 0.809. The fourth-order valence-electron chi connectivity index (χ4n) is 4.92. The van der Waals surface area contributed by atoms with Crippen LogP contribution in [0.1, 0.15) is 48.4 Å². The van der Waals surface area contributed by atoms with Crippen molar-refractivity contribution in [2.75, 3.05) is 18.0 Å². The third kappa shape index (κ3) is 2.98. The zero-order chi connectivity index (χ0) is 18.4. The van der Waals surface area contributed by atoms with E-state index in [1.165, 1.54) is 23.1 Å². The zero-order valence-electron chi connectivity index (χ0n) is 15.4. The maximum absolute atomic E-state index is 13.2. The molecule has 0 spiro atoms. The minimum absolute atomic E-state index is 0.0811. The number of anilines is 1. The summed E-state index contributed by atoms with van der Waals surface area (Å²) >= 11 is 1.68. The first-order valence-corrected chi connectivity index (χ1v) is 10.9. The molecule has 2 unspecified atom stereocenters. The molecular formula is C22H24N2O2S. The molecule has 2 fully saturated rings. The molecule has 4 nitrogen and oxygen atoms in total. The molecule has 1 aromatic heterocycles. The molecule has 0 bridgehead atoms. The van der Waals surface area contributed by atoms with Crippen molar-refractivity contribution in [3.63, 3.8) is 0 Å². The van der Waals surface area contributed by atoms with Gasteiger partial charge in [0.1, 0.15) is 0 Å². The molecule has 2 atom stereocenters. The average Bonchev–Trinajstić information content (AvgIpc) is 3.45. The van der Waals surface area contributed by atoms with Crippen molar-refractivity contribution in [1.29, 1.82) is 0 Å². The lowest BCUT2D eigenvalue weighted by Gasteiger charge is -2.27. The summed E-state index contributed by atoms with van der Waals surface area (Å²) in [6.07, 6.45) is 5.85. The topological polar surface area (TPSA) is 40.6 Å². The number of fused-ring (bicyclic) bond motifs is 1. The van der Waals surface area contributed by atoms with Crippen LogP contribution in [-0.4, -0.2) is 29.8 Å². The Morgan fingerprint density at radius 2 is 2.00 bits per heavy atom. The van der Waals surface area contributed by atoms with Gasteiger partial charge in [-0.1, -0.05) is 6.07 Å². The maximum Gasteiger partial charge on any atom is 0.228 e. The van der Waals surface area contributed by atoms with Crippen molar-refractivity contribution in [3.8, 4) is 0 Å². The summed E-state index contributed by atoms with van der Waals surface area (Å²) in [5.41, 5.74) is 4.98. The Bertz CT molecular complexity index is 876. The highest BCUT2D eigenvalue weighted by Crippen LogP contribution is 2.36. The summed E-state index contributed by atoms with van der Waals surface area (Å²) in [6, 6.07) is 8.69. The van der Waals surface area contributed by atoms with E-state index in [0.29, 0.717) is 13.0 Å². The largest absolute Gasteiger partial charge is 0.335 e. The van der Waals surface area contributed by atoms with E-state index in [2.05, 4.69) is 35.0 Å². The van der Waals surface area contributed by atoms with E-state index >= 15 is 0 Å². The molecule has 2 saturated heterocycles. The highest BCUT2D eigenvalue weighted by molar-refractivity contribution is 7.08. The standard InChI is InChI=1S/C22H24N2O2S/c25-21-12-18(13-24(21)19-7-6-15-3-1-4-16(15)11-19)22(26)23-9-2-5-20(23)17-8-10-27-14-17/h6-8,10-11,14,18,20H,1-5,9,12-13H2. The van der Waals surface area contributed by atoms with Crippen LogP contribution in [0.4, 0.5) is 5.69 Å². The molecule has 2 aromatic rings. The van der Waals surface area contributed by atoms with Gasteiger partial charge in [-0.15, -0.1) is 0 Å². The van der Waals surface area contributed by atoms with Gasteiger partial charge in [0.05, 0.1) is 12.0 Å². The number of benzene rings is 1. The normalized spacial score (nSPS) is 24.7. The number of thiophene rings is 1. The van der Waals surface area contributed by atoms with Crippen molar-refractivity contribution in [2.45, 2.75) is 44.6 Å². The van der Waals surface area contributed by atoms with Crippen molar-refractivity contribution >= 4 is 28.8 Å². The molecule has 1 aromatic carbocycles. The molecule has 0 N–H and O–H groups in total. The number of amides is 2. The lowest BCUT2D eigenvalue weighted by atomic mass is 10.0. The highest BCUT2D eigenvalue weighted by Gasteiger charge is 2.40. The molecular weight excluding hydrogens is 356 g/mol. The predicted molar refractivity (Wildman–Crippen MR) is 107 cm³/mol. The number of rotatable bonds is 3. The molecule has 0 saturated carbocycles. The molecule has 5 rings (SSSR count). The Kier molecular flexibility index (Phi) is 4.27. The maximum atomic E-state index is 13.2. The van der Waals surface area contributed by atoms with Gasteiger partial charge in [-0.2, -0.15) is 11.3 Å². The second-order valence-corrected chi connectivity index (χ2v) is 8.74. The van der Waals surface area contributed by atoms with E-state index in [4.69, 9.17) is 0 Å². The zero-order valence-corrected chi connectivity index (χ0v) is 16.2. The second-order valence-electron chi connectivity index (χ2n) is 7.96. The van der Waals surface area contributed by atoms with E-state index in [1.54, 1.807) is 11.3 Å². The Morgan fingerprint density at radius 1 is 1.11 bits per heavy atom. The van der Waals surface area contributed by atoms with Crippen molar-refractivity contribution in [1.82, 2.24) is 4.90 Å². The molecule has 27 heavy (non-hydrogen) atoms. The first-order valence-electron chi connectivity index (χ1n) is 9.95. The summed E-state index contributed by atoms with van der Waals surface area (Å²) in [5.74, 6) is 0.0169. The Hall–Kier alpha value is -2.14. The van der Waals surface area contributed by atoms with Gasteiger partial charge in [0.2, 0.25) is 11.8 Å². The lowest BCUT2D eigenvalue weighted by molar-refractivity contribution is -0.136. The fourth-order valence-corrected chi connectivity index (χ4v) is 5.63. The SMILES string of the molecule is O=C1CC(C(=O)N2CCCC2c2ccsc2)CN1c1ccc2c(c1)CCC2. The molecule has 2 aliphatic heterocycles. The second kappa shape index (κ2) is 6.79. The summed E-state index contributed by atoms with van der Waals surface area (Å²) < 4.78 is 0. The van der Waals surface area contributed by atoms with Gasteiger partial charge in [-0.05, 0) is 77.8 Å². The molecule has 3 heterocycles. The summed E-state index contributed by atoms with van der Waals surface area (Å²) in [7, 11) is 0. The van der Waals surface area contributed by atoms with E-state index in [0.717, 1.165) is 37.9 Å². The van der Waals surface area contributed by atoms with Gasteiger partial charge in [0.25, 0.3) is 0 Å². The van der Waals surface area contributed by atoms with Crippen LogP contribution >= 0.6 is 11.3 Å². The number of hydrogen-bond donors (Lipinski definition) is 0. The van der Waals surface area contributed by atoms with Crippen molar-refractivity contribution in [2.24, 2.45) is 5.92 Å². The van der Waals surface area contributed by atoms with Crippen LogP contribution in [0.25, 0.3) is 0 Å². The third-order valence-electron chi connectivity index (χ3n) is 6.33. The van der Waals surface area contributed by atoms with Crippen LogP contribution in [0.5, 0.6) is 0 Å². The Labute approximate surface area is 163 Å². The smallest absolute Gasteiger partial charge is 0.228 e. The number of likely N-dealkylation sites (tertiary alicyclic amines) is 1. The van der Waals surface area contributed by atoms with E-state index in [9.17, 15) is 9.59 Å². The van der Waals surface area contributed by atoms with Crippen molar-refractivity contribution < 1.29 is 9.59 Å². The summed E-state index contributed by atoms with van der Waals surface area (Å²) in [6.45, 7) is 1.33. The molecule has 2 amide bonds. The molecule has 140 valence electrons. The van der Waals surface area contributed by atoms with Gasteiger partial charge in [-0.25, -0.2) is 0 Å². The van der Waals surface area contributed by atoms with Gasteiger partial charge in [-0.3, -0.25) is 9.59 Å². The van der Waals surface area contributed by atoms with Crippen molar-refractivity contribution in [3.05, 3.63) is 51.7 Å². The lowest BCUT2D eigenvalue weighted by Crippen LogP contribution is -2.37. The van der Waals surface area contributed by atoms with E-state index in [-0.39, 0.29) is 23.8 Å². The molecule has 5 heteroatoms. The number of nitrogens with zero attached hydrogens (tertiary/aromatic N) is 2. The van der Waals surface area contributed by atoms with Crippen LogP contribution in [0, 0.1) is 5.92 Å². The van der Waals surface area contributed by atoms with Crippen LogP contribution in [0.15, 0.2) is 35.0 Å². The molecule has 0 radical (unpaired) electrons. The average molecular weight is 381 g/mol. The van der Waals surface area contributed by atoms with Crippen LogP contribution in [0.3, 0.4) is 0 Å². The number of carbonyl (C=O) groups is 2. The predicted octanol–water partition coefficient (Wildman–Crippen LogP) is 3.95. The molecule has 1 aliphatic carbocycles. The number of hydrogen-bond acceptors (Lipinski definition) is 3. The number of aryl methyl sites for hydroxylation is 2. The number of carbonyl (C=O) groups excluding carboxylic acids is 2. The summed E-state index contributed by atoms with van der Waals surface area (Å²) in [5, 5.41) is 4.22. The van der Waals surface area contributed by atoms with Crippen LogP contribution in [0.2, 0.25) is 0 Å². The van der Waals surface area contributed by atoms with Gasteiger partial charge >= 0.3 is 0 Å². The minimum atomic E-state index is -0.218. The Balaban J connectivity index is 1.33. The molecule has 3 aliphatic rings. The third-order valence-corrected chi connectivity index (χ3v) is 7.03. The first kappa shape index (κ1) is 17.0. The fraction of sp³-hybridized carbons (Fsp3) is 0.455. The Morgan fingerprint density at radius 3 is 2.85 bits per heavy atom.